The Balaban J connectivity index is 1.58. The first-order valence-corrected chi connectivity index (χ1v) is 11.3. The maximum atomic E-state index is 12.6. The van der Waals surface area contributed by atoms with Gasteiger partial charge < -0.3 is 24.0 Å². The Morgan fingerprint density at radius 1 is 1.12 bits per heavy atom. The van der Waals surface area contributed by atoms with Crippen molar-refractivity contribution in [2.45, 2.75) is 24.9 Å². The van der Waals surface area contributed by atoms with Gasteiger partial charge in [-0.15, -0.1) is 0 Å². The molecule has 1 saturated heterocycles. The summed E-state index contributed by atoms with van der Waals surface area (Å²) in [5, 5.41) is 11.5. The summed E-state index contributed by atoms with van der Waals surface area (Å²) in [5.41, 5.74) is 4.33. The summed E-state index contributed by atoms with van der Waals surface area (Å²) < 4.78 is 13.2. The molecule has 2 aliphatic heterocycles. The first-order chi connectivity index (χ1) is 15.9. The molecule has 1 atom stereocenters. The van der Waals surface area contributed by atoms with Crippen LogP contribution in [0.4, 0.5) is 0 Å². The normalized spacial score (nSPS) is 19.4. The SMILES string of the molecule is COc1ccc2c3c(n(C)c2c1)[C@H](CO)N(C(C)=O)CC31CN(Cc2ccccc2OC)C1. The zero-order valence-corrected chi connectivity index (χ0v) is 19.7. The molecule has 7 heteroatoms. The number of carbonyl (C=O) groups excluding carboxylic acids is 1. The van der Waals surface area contributed by atoms with Crippen LogP contribution in [0.15, 0.2) is 42.5 Å². The zero-order valence-electron chi connectivity index (χ0n) is 19.7. The summed E-state index contributed by atoms with van der Waals surface area (Å²) in [6.07, 6.45) is 0. The quantitative estimate of drug-likeness (QED) is 0.649. The minimum atomic E-state index is -0.352. The van der Waals surface area contributed by atoms with Crippen LogP contribution in [0.2, 0.25) is 0 Å². The molecule has 1 fully saturated rings. The highest BCUT2D eigenvalue weighted by Crippen LogP contribution is 2.50. The lowest BCUT2D eigenvalue weighted by Gasteiger charge is -2.56. The third-order valence-electron chi connectivity index (χ3n) is 7.36. The van der Waals surface area contributed by atoms with Crippen LogP contribution in [-0.4, -0.2) is 65.8 Å². The predicted octanol–water partition coefficient (Wildman–Crippen LogP) is 2.84. The van der Waals surface area contributed by atoms with E-state index in [-0.39, 0.29) is 24.0 Å². The number of fused-ring (bicyclic) bond motifs is 4. The summed E-state index contributed by atoms with van der Waals surface area (Å²) in [7, 11) is 5.39. The number of rotatable bonds is 5. The number of hydrogen-bond donors (Lipinski definition) is 1. The Labute approximate surface area is 194 Å². The minimum Gasteiger partial charge on any atom is -0.497 e. The fourth-order valence-electron chi connectivity index (χ4n) is 5.94. The van der Waals surface area contributed by atoms with E-state index in [1.165, 1.54) is 10.9 Å². The van der Waals surface area contributed by atoms with Crippen molar-refractivity contribution in [2.24, 2.45) is 7.05 Å². The van der Waals surface area contributed by atoms with E-state index < -0.39 is 0 Å². The Bertz CT molecular complexity index is 1210. The standard InChI is InChI=1S/C26H31N3O4/c1-17(31)29-16-26(14-28(15-26)12-18-7-5-6-8-23(18)33-4)24-20-10-9-19(32-3)11-21(20)27(2)25(24)22(29)13-30/h5-11,22,30H,12-16H2,1-4H3/t22-/m0/s1. The molecule has 174 valence electrons. The van der Waals surface area contributed by atoms with Crippen LogP contribution >= 0.6 is 0 Å². The number of aryl methyl sites for hydroxylation is 1. The van der Waals surface area contributed by atoms with Gasteiger partial charge in [0.05, 0.1) is 32.4 Å². The van der Waals surface area contributed by atoms with E-state index in [1.807, 2.05) is 42.3 Å². The minimum absolute atomic E-state index is 0.00918. The summed E-state index contributed by atoms with van der Waals surface area (Å²) in [4.78, 5) is 16.9. The van der Waals surface area contributed by atoms with Gasteiger partial charge in [-0.2, -0.15) is 0 Å². The van der Waals surface area contributed by atoms with Gasteiger partial charge in [0.2, 0.25) is 5.91 Å². The van der Waals surface area contributed by atoms with E-state index in [2.05, 4.69) is 21.6 Å². The first-order valence-electron chi connectivity index (χ1n) is 11.3. The molecule has 0 bridgehead atoms. The number of nitrogens with zero attached hydrogens (tertiary/aromatic N) is 3. The number of amides is 1. The van der Waals surface area contributed by atoms with Crippen LogP contribution in [0, 0.1) is 0 Å². The maximum absolute atomic E-state index is 12.6. The molecule has 0 aliphatic carbocycles. The van der Waals surface area contributed by atoms with Crippen molar-refractivity contribution >= 4 is 16.8 Å². The van der Waals surface area contributed by atoms with Crippen molar-refractivity contribution in [1.82, 2.24) is 14.4 Å². The predicted molar refractivity (Wildman–Crippen MR) is 127 cm³/mol. The van der Waals surface area contributed by atoms with Crippen LogP contribution in [0.1, 0.15) is 29.8 Å². The summed E-state index contributed by atoms with van der Waals surface area (Å²) in [6, 6.07) is 13.9. The van der Waals surface area contributed by atoms with Crippen molar-refractivity contribution in [3.63, 3.8) is 0 Å². The van der Waals surface area contributed by atoms with E-state index in [0.29, 0.717) is 6.54 Å². The van der Waals surface area contributed by atoms with Gasteiger partial charge in [0.1, 0.15) is 11.5 Å². The fraction of sp³-hybridized carbons (Fsp3) is 0.423. The van der Waals surface area contributed by atoms with Gasteiger partial charge in [0, 0.05) is 68.3 Å². The lowest BCUT2D eigenvalue weighted by Crippen LogP contribution is -2.66. The topological polar surface area (TPSA) is 67.2 Å². The summed E-state index contributed by atoms with van der Waals surface area (Å²) in [6.45, 7) is 4.57. The second-order valence-electron chi connectivity index (χ2n) is 9.28. The van der Waals surface area contributed by atoms with Gasteiger partial charge in [-0.25, -0.2) is 0 Å². The van der Waals surface area contributed by atoms with Crippen LogP contribution < -0.4 is 9.47 Å². The number of aliphatic hydroxyl groups excluding tert-OH is 1. The molecule has 1 aromatic heterocycles. The van der Waals surface area contributed by atoms with Gasteiger partial charge >= 0.3 is 0 Å². The molecule has 1 amide bonds. The van der Waals surface area contributed by atoms with E-state index in [9.17, 15) is 9.90 Å². The highest BCUT2D eigenvalue weighted by atomic mass is 16.5. The molecule has 0 saturated carbocycles. The molecule has 33 heavy (non-hydrogen) atoms. The largest absolute Gasteiger partial charge is 0.497 e. The van der Waals surface area contributed by atoms with E-state index in [0.717, 1.165) is 47.9 Å². The second-order valence-corrected chi connectivity index (χ2v) is 9.28. The zero-order chi connectivity index (χ0) is 23.3. The second kappa shape index (κ2) is 8.08. The monoisotopic (exact) mass is 449 g/mol. The van der Waals surface area contributed by atoms with E-state index >= 15 is 0 Å². The number of aromatic nitrogens is 1. The average Bonchev–Trinajstić information content (AvgIpc) is 3.10. The van der Waals surface area contributed by atoms with Crippen LogP contribution in [0.5, 0.6) is 11.5 Å². The van der Waals surface area contributed by atoms with Crippen molar-refractivity contribution in [3.8, 4) is 11.5 Å². The number of ether oxygens (including phenoxy) is 2. The van der Waals surface area contributed by atoms with Gasteiger partial charge in [-0.1, -0.05) is 18.2 Å². The average molecular weight is 450 g/mol. The first kappa shape index (κ1) is 21.8. The molecule has 1 spiro atoms. The number of benzene rings is 2. The van der Waals surface area contributed by atoms with Crippen molar-refractivity contribution in [3.05, 3.63) is 59.3 Å². The van der Waals surface area contributed by atoms with Crippen molar-refractivity contribution in [2.75, 3.05) is 40.5 Å². The lowest BCUT2D eigenvalue weighted by molar-refractivity contribution is -0.136. The number of likely N-dealkylation sites (tertiary alicyclic amines) is 1. The number of hydrogen-bond acceptors (Lipinski definition) is 5. The van der Waals surface area contributed by atoms with Gasteiger partial charge in [-0.3, -0.25) is 9.69 Å². The van der Waals surface area contributed by atoms with Crippen LogP contribution in [0.25, 0.3) is 10.9 Å². The smallest absolute Gasteiger partial charge is 0.220 e. The molecule has 2 aromatic carbocycles. The van der Waals surface area contributed by atoms with Crippen molar-refractivity contribution < 1.29 is 19.4 Å². The Morgan fingerprint density at radius 3 is 2.55 bits per heavy atom. The Morgan fingerprint density at radius 2 is 1.88 bits per heavy atom. The number of para-hydroxylation sites is 1. The van der Waals surface area contributed by atoms with Gasteiger partial charge in [0.15, 0.2) is 0 Å². The molecule has 0 unspecified atom stereocenters. The highest BCUT2D eigenvalue weighted by Gasteiger charge is 2.53. The number of carbonyl (C=O) groups is 1. The van der Waals surface area contributed by atoms with Gasteiger partial charge in [-0.05, 0) is 23.8 Å². The molecule has 3 heterocycles. The lowest BCUT2D eigenvalue weighted by atomic mass is 9.68. The highest BCUT2D eigenvalue weighted by molar-refractivity contribution is 5.89. The van der Waals surface area contributed by atoms with Crippen LogP contribution in [-0.2, 0) is 23.8 Å². The van der Waals surface area contributed by atoms with E-state index in [1.54, 1.807) is 21.1 Å². The number of aliphatic hydroxyl groups is 1. The van der Waals surface area contributed by atoms with Crippen LogP contribution in [0.3, 0.4) is 0 Å². The molecule has 5 rings (SSSR count). The van der Waals surface area contributed by atoms with Crippen molar-refractivity contribution in [1.29, 1.82) is 0 Å². The number of methoxy groups -OCH3 is 2. The molecule has 1 N–H and O–H groups in total. The summed E-state index contributed by atoms with van der Waals surface area (Å²) in [5.74, 6) is 1.68. The third kappa shape index (κ3) is 3.30. The maximum Gasteiger partial charge on any atom is 0.220 e. The molecule has 2 aliphatic rings. The molecule has 0 radical (unpaired) electrons. The third-order valence-corrected chi connectivity index (χ3v) is 7.36. The molecule has 3 aromatic rings. The molecule has 7 nitrogen and oxygen atoms in total. The van der Waals surface area contributed by atoms with E-state index in [4.69, 9.17) is 9.47 Å². The Kier molecular flexibility index (Phi) is 5.34. The Hall–Kier alpha value is -3.03. The fourth-order valence-corrected chi connectivity index (χ4v) is 5.94. The molecular weight excluding hydrogens is 418 g/mol. The molecular formula is C26H31N3O4. The van der Waals surface area contributed by atoms with Gasteiger partial charge in [0.25, 0.3) is 0 Å². The summed E-state index contributed by atoms with van der Waals surface area (Å²) >= 11 is 0.